The Kier molecular flexibility index (Phi) is 5.01. The van der Waals surface area contributed by atoms with Gasteiger partial charge in [0.2, 0.25) is 5.91 Å². The van der Waals surface area contributed by atoms with E-state index in [0.29, 0.717) is 29.7 Å². The minimum atomic E-state index is -0.0346. The van der Waals surface area contributed by atoms with Crippen LogP contribution in [0.3, 0.4) is 0 Å². The third-order valence-electron chi connectivity index (χ3n) is 4.19. The van der Waals surface area contributed by atoms with Crippen molar-refractivity contribution < 1.29 is 9.53 Å². The second-order valence-electron chi connectivity index (χ2n) is 5.49. The number of amides is 1. The van der Waals surface area contributed by atoms with E-state index in [1.54, 1.807) is 17.2 Å². The molecule has 1 fully saturated rings. The average Bonchev–Trinajstić information content (AvgIpc) is 2.51. The van der Waals surface area contributed by atoms with E-state index < -0.39 is 0 Å². The molecule has 1 atom stereocenters. The van der Waals surface area contributed by atoms with E-state index in [0.717, 1.165) is 26.1 Å². The Morgan fingerprint density at radius 2 is 2.14 bits per heavy atom. The number of aromatic nitrogens is 1. The number of nitrogens with zero attached hydrogens (tertiary/aromatic N) is 2. The van der Waals surface area contributed by atoms with Crippen LogP contribution >= 0.6 is 0 Å². The molecule has 116 valence electrons. The number of rotatable bonds is 4. The monoisotopic (exact) mass is 292 g/mol. The highest BCUT2D eigenvalue weighted by molar-refractivity contribution is 5.95. The largest absolute Gasteiger partial charge is 0.396 e. The molecule has 0 bridgehead atoms. The molecule has 1 saturated heterocycles. The third kappa shape index (κ3) is 3.44. The summed E-state index contributed by atoms with van der Waals surface area (Å²) in [6, 6.07) is 1.71. The molecule has 2 rings (SSSR count). The fraction of sp³-hybridized carbons (Fsp3) is 0.600. The summed E-state index contributed by atoms with van der Waals surface area (Å²) in [6.07, 6.45) is 3.48. The van der Waals surface area contributed by atoms with E-state index in [-0.39, 0.29) is 11.8 Å². The number of carbonyl (C=O) groups excluding carboxylic acids is 1. The molecule has 0 saturated carbocycles. The summed E-state index contributed by atoms with van der Waals surface area (Å²) in [7, 11) is 0. The lowest BCUT2D eigenvalue weighted by Crippen LogP contribution is -2.39. The number of nitrogens with two attached hydrogens (primary N) is 2. The van der Waals surface area contributed by atoms with Crippen LogP contribution in [0.15, 0.2) is 12.3 Å². The normalized spacial score (nSPS) is 17.4. The highest BCUT2D eigenvalue weighted by atomic mass is 16.5. The zero-order chi connectivity index (χ0) is 15.4. The molecule has 0 spiro atoms. The second-order valence-corrected chi connectivity index (χ2v) is 5.49. The van der Waals surface area contributed by atoms with E-state index in [9.17, 15) is 4.79 Å². The Balaban J connectivity index is 2.15. The van der Waals surface area contributed by atoms with Crippen LogP contribution < -0.4 is 16.4 Å². The van der Waals surface area contributed by atoms with Crippen molar-refractivity contribution in [2.24, 2.45) is 11.8 Å². The average molecular weight is 292 g/mol. The molecule has 2 heterocycles. The maximum atomic E-state index is 12.8. The number of nitrogen functional groups attached to an aromatic ring is 2. The molecule has 1 aliphatic rings. The summed E-state index contributed by atoms with van der Waals surface area (Å²) in [5, 5.41) is 0. The van der Waals surface area contributed by atoms with Gasteiger partial charge in [-0.05, 0) is 31.7 Å². The first-order chi connectivity index (χ1) is 10.0. The minimum Gasteiger partial charge on any atom is -0.396 e. The summed E-state index contributed by atoms with van der Waals surface area (Å²) >= 11 is 0. The second kappa shape index (κ2) is 6.76. The zero-order valence-corrected chi connectivity index (χ0v) is 12.7. The first kappa shape index (κ1) is 15.6. The van der Waals surface area contributed by atoms with E-state index in [4.69, 9.17) is 16.2 Å². The lowest BCUT2D eigenvalue weighted by atomic mass is 9.86. The first-order valence-corrected chi connectivity index (χ1v) is 7.44. The van der Waals surface area contributed by atoms with Crippen LogP contribution in [0.1, 0.15) is 26.7 Å². The lowest BCUT2D eigenvalue weighted by molar-refractivity contribution is -0.124. The van der Waals surface area contributed by atoms with Gasteiger partial charge in [-0.3, -0.25) is 4.79 Å². The van der Waals surface area contributed by atoms with Gasteiger partial charge in [-0.2, -0.15) is 0 Å². The van der Waals surface area contributed by atoms with Crippen LogP contribution in [-0.2, 0) is 9.53 Å². The summed E-state index contributed by atoms with van der Waals surface area (Å²) < 4.78 is 5.36. The van der Waals surface area contributed by atoms with Crippen LogP contribution in [0.25, 0.3) is 0 Å². The molecule has 21 heavy (non-hydrogen) atoms. The SMILES string of the molecule is CCN(C(=O)[C@H](C)C1CCOCC1)c1cnc(N)c(N)c1. The maximum absolute atomic E-state index is 12.8. The number of anilines is 3. The minimum absolute atomic E-state index is 0.0346. The van der Waals surface area contributed by atoms with Crippen molar-refractivity contribution in [3.8, 4) is 0 Å². The summed E-state index contributed by atoms with van der Waals surface area (Å²) in [6.45, 7) is 6.00. The Morgan fingerprint density at radius 1 is 1.48 bits per heavy atom. The van der Waals surface area contributed by atoms with Gasteiger partial charge in [0.05, 0.1) is 17.6 Å². The van der Waals surface area contributed by atoms with Crippen LogP contribution in [0.5, 0.6) is 0 Å². The van der Waals surface area contributed by atoms with Gasteiger partial charge in [-0.15, -0.1) is 0 Å². The van der Waals surface area contributed by atoms with Crippen molar-refractivity contribution in [1.82, 2.24) is 4.98 Å². The van der Waals surface area contributed by atoms with Crippen LogP contribution in [0.2, 0.25) is 0 Å². The van der Waals surface area contributed by atoms with E-state index in [1.165, 1.54) is 0 Å². The fourth-order valence-electron chi connectivity index (χ4n) is 2.76. The summed E-state index contributed by atoms with van der Waals surface area (Å²) in [5.74, 6) is 0.738. The number of carbonyl (C=O) groups is 1. The molecular formula is C15H24N4O2. The Bertz CT molecular complexity index is 500. The zero-order valence-electron chi connectivity index (χ0n) is 12.7. The topological polar surface area (TPSA) is 94.5 Å². The van der Waals surface area contributed by atoms with Crippen LogP contribution in [-0.4, -0.2) is 30.6 Å². The predicted octanol–water partition coefficient (Wildman–Crippen LogP) is 1.66. The van der Waals surface area contributed by atoms with Gasteiger partial charge in [-0.1, -0.05) is 6.92 Å². The molecule has 0 radical (unpaired) electrons. The predicted molar refractivity (Wildman–Crippen MR) is 83.8 cm³/mol. The molecule has 4 N–H and O–H groups in total. The fourth-order valence-corrected chi connectivity index (χ4v) is 2.76. The molecule has 1 aromatic heterocycles. The van der Waals surface area contributed by atoms with Crippen molar-refractivity contribution in [2.75, 3.05) is 36.1 Å². The van der Waals surface area contributed by atoms with E-state index in [1.807, 2.05) is 13.8 Å². The molecule has 6 nitrogen and oxygen atoms in total. The molecule has 1 amide bonds. The molecule has 0 aliphatic carbocycles. The van der Waals surface area contributed by atoms with Crippen molar-refractivity contribution in [1.29, 1.82) is 0 Å². The van der Waals surface area contributed by atoms with E-state index >= 15 is 0 Å². The molecule has 6 heteroatoms. The smallest absolute Gasteiger partial charge is 0.230 e. The van der Waals surface area contributed by atoms with Gasteiger partial charge in [0.15, 0.2) is 0 Å². The quantitative estimate of drug-likeness (QED) is 0.880. The van der Waals surface area contributed by atoms with Gasteiger partial charge in [-0.25, -0.2) is 4.98 Å². The molecule has 1 aromatic rings. The van der Waals surface area contributed by atoms with Gasteiger partial charge < -0.3 is 21.1 Å². The molecular weight excluding hydrogens is 268 g/mol. The number of ether oxygens (including phenoxy) is 1. The first-order valence-electron chi connectivity index (χ1n) is 7.44. The molecule has 0 aromatic carbocycles. The molecule has 1 aliphatic heterocycles. The highest BCUT2D eigenvalue weighted by Gasteiger charge is 2.29. The van der Waals surface area contributed by atoms with E-state index in [2.05, 4.69) is 4.98 Å². The summed E-state index contributed by atoms with van der Waals surface area (Å²) in [5.41, 5.74) is 12.5. The van der Waals surface area contributed by atoms with Crippen LogP contribution in [0, 0.1) is 11.8 Å². The van der Waals surface area contributed by atoms with Crippen molar-refractivity contribution in [3.63, 3.8) is 0 Å². The van der Waals surface area contributed by atoms with Crippen molar-refractivity contribution in [3.05, 3.63) is 12.3 Å². The number of hydrogen-bond donors (Lipinski definition) is 2. The number of hydrogen-bond acceptors (Lipinski definition) is 5. The Hall–Kier alpha value is -1.82. The van der Waals surface area contributed by atoms with Crippen LogP contribution in [0.4, 0.5) is 17.2 Å². The van der Waals surface area contributed by atoms with Crippen molar-refractivity contribution >= 4 is 23.1 Å². The Morgan fingerprint density at radius 3 is 2.71 bits per heavy atom. The number of pyridine rings is 1. The lowest BCUT2D eigenvalue weighted by Gasteiger charge is -2.31. The van der Waals surface area contributed by atoms with Gasteiger partial charge in [0.25, 0.3) is 0 Å². The van der Waals surface area contributed by atoms with Gasteiger partial charge in [0.1, 0.15) is 5.82 Å². The van der Waals surface area contributed by atoms with Crippen molar-refractivity contribution in [2.45, 2.75) is 26.7 Å². The van der Waals surface area contributed by atoms with Gasteiger partial charge in [0, 0.05) is 25.7 Å². The standard InChI is InChI=1S/C15H24N4O2/c1-3-19(12-8-13(16)14(17)18-9-12)15(20)10(2)11-4-6-21-7-5-11/h8-11H,3-7,16H2,1-2H3,(H2,17,18)/t10-/m1/s1. The highest BCUT2D eigenvalue weighted by Crippen LogP contribution is 2.28. The third-order valence-corrected chi connectivity index (χ3v) is 4.19. The Labute approximate surface area is 125 Å². The summed E-state index contributed by atoms with van der Waals surface area (Å²) in [4.78, 5) is 18.5. The van der Waals surface area contributed by atoms with Gasteiger partial charge >= 0.3 is 0 Å². The maximum Gasteiger partial charge on any atom is 0.230 e. The molecule has 0 unspecified atom stereocenters.